The second-order valence-corrected chi connectivity index (χ2v) is 14.6. The lowest BCUT2D eigenvalue weighted by Crippen LogP contribution is -2.29. The third kappa shape index (κ3) is 37.3. The lowest BCUT2D eigenvalue weighted by atomic mass is 10.1. The molecule has 2 unspecified atom stereocenters. The summed E-state index contributed by atoms with van der Waals surface area (Å²) >= 11 is 0. The Bertz CT molecular complexity index is 1020. The Morgan fingerprint density at radius 3 is 1.49 bits per heavy atom. The maximum atomic E-state index is 12.5. The Morgan fingerprint density at radius 2 is 1.00 bits per heavy atom. The molecule has 0 saturated heterocycles. The third-order valence-electron chi connectivity index (χ3n) is 8.25. The molecule has 294 valence electrons. The second kappa shape index (κ2) is 37.5. The molecule has 1 N–H and O–H groups in total. The molecule has 9 heteroatoms. The summed E-state index contributed by atoms with van der Waals surface area (Å²) in [7, 11) is -3.21. The predicted molar refractivity (Wildman–Crippen MR) is 211 cm³/mol. The van der Waals surface area contributed by atoms with E-state index in [-0.39, 0.29) is 25.4 Å². The standard InChI is InChI=1S/C42H73O8P/c1-4-6-8-10-12-14-16-18-20-21-23-25-27-29-31-33-35-37-42(44)50-40(39-49-51(45,46)47-3)38-48-41(43)36-34-32-30-28-26-24-22-19-17-15-13-11-9-7-5-2/h6,8,12-15,18-20,22,40H,4-5,7,9-11,16-17,21,23-39H2,1-3H3,(H,45,46)/b8-6-,14-12-,15-13-,20-18-,22-19-. The van der Waals surface area contributed by atoms with E-state index in [2.05, 4.69) is 79.1 Å². The number of esters is 2. The normalized spacial score (nSPS) is 14.0. The molecule has 0 spiro atoms. The second-order valence-electron chi connectivity index (χ2n) is 13.0. The van der Waals surface area contributed by atoms with Gasteiger partial charge in [0.1, 0.15) is 6.61 Å². The topological polar surface area (TPSA) is 108 Å². The molecule has 0 amide bonds. The number of carbonyl (C=O) groups excluding carboxylic acids is 2. The molecule has 0 aliphatic rings. The van der Waals surface area contributed by atoms with Crippen molar-refractivity contribution in [1.82, 2.24) is 0 Å². The van der Waals surface area contributed by atoms with Crippen molar-refractivity contribution < 1.29 is 37.6 Å². The monoisotopic (exact) mass is 737 g/mol. The maximum Gasteiger partial charge on any atom is 0.472 e. The molecule has 0 aromatic rings. The highest BCUT2D eigenvalue weighted by Gasteiger charge is 2.24. The summed E-state index contributed by atoms with van der Waals surface area (Å²) in [4.78, 5) is 34.4. The van der Waals surface area contributed by atoms with E-state index in [1.54, 1.807) is 0 Å². The SMILES string of the molecule is CC/C=C\C/C=C\C/C=C\CCCCCCCCCC(=O)OC(COC(=O)CCCCCCC/C=C\C/C=C\CCCCC)COP(=O)(O)OC. The molecule has 0 aliphatic heterocycles. The van der Waals surface area contributed by atoms with E-state index in [1.165, 1.54) is 44.9 Å². The highest BCUT2D eigenvalue weighted by molar-refractivity contribution is 7.47. The van der Waals surface area contributed by atoms with Crippen LogP contribution in [0.4, 0.5) is 0 Å². The Kier molecular flexibility index (Phi) is 35.9. The van der Waals surface area contributed by atoms with Crippen LogP contribution >= 0.6 is 7.82 Å². The van der Waals surface area contributed by atoms with Crippen molar-refractivity contribution in [3.05, 3.63) is 60.8 Å². The first-order valence-electron chi connectivity index (χ1n) is 20.0. The van der Waals surface area contributed by atoms with Crippen LogP contribution in [0, 0.1) is 0 Å². The number of allylic oxidation sites excluding steroid dienone is 10. The first kappa shape index (κ1) is 48.8. The lowest BCUT2D eigenvalue weighted by molar-refractivity contribution is -0.161. The van der Waals surface area contributed by atoms with E-state index in [0.29, 0.717) is 6.42 Å². The van der Waals surface area contributed by atoms with Gasteiger partial charge >= 0.3 is 19.8 Å². The number of phosphoric ester groups is 1. The van der Waals surface area contributed by atoms with Crippen LogP contribution in [0.5, 0.6) is 0 Å². The predicted octanol–water partition coefficient (Wildman–Crippen LogP) is 12.4. The molecule has 0 bridgehead atoms. The van der Waals surface area contributed by atoms with Gasteiger partial charge in [-0.2, -0.15) is 0 Å². The van der Waals surface area contributed by atoms with Crippen molar-refractivity contribution in [3.63, 3.8) is 0 Å². The number of carbonyl (C=O) groups is 2. The zero-order valence-corrected chi connectivity index (χ0v) is 33.4. The van der Waals surface area contributed by atoms with Gasteiger partial charge in [0.25, 0.3) is 0 Å². The number of hydrogen-bond acceptors (Lipinski definition) is 7. The van der Waals surface area contributed by atoms with Gasteiger partial charge in [0.2, 0.25) is 0 Å². The van der Waals surface area contributed by atoms with Crippen LogP contribution < -0.4 is 0 Å². The minimum Gasteiger partial charge on any atom is -0.462 e. The molecule has 0 radical (unpaired) electrons. The molecule has 0 heterocycles. The van der Waals surface area contributed by atoms with Crippen molar-refractivity contribution in [3.8, 4) is 0 Å². The number of phosphoric acid groups is 1. The van der Waals surface area contributed by atoms with Crippen molar-refractivity contribution in [2.45, 2.75) is 174 Å². The fourth-order valence-electron chi connectivity index (χ4n) is 5.17. The number of unbranched alkanes of at least 4 members (excludes halogenated alkanes) is 15. The smallest absolute Gasteiger partial charge is 0.462 e. The molecule has 0 aliphatic carbocycles. The van der Waals surface area contributed by atoms with Gasteiger partial charge in [-0.1, -0.05) is 139 Å². The molecule has 2 atom stereocenters. The Balaban J connectivity index is 4.08. The summed E-state index contributed by atoms with van der Waals surface area (Å²) in [6.07, 6.45) is 45.5. The van der Waals surface area contributed by atoms with Crippen LogP contribution in [0.1, 0.15) is 168 Å². The van der Waals surface area contributed by atoms with Gasteiger partial charge in [0.15, 0.2) is 6.10 Å². The van der Waals surface area contributed by atoms with Crippen LogP contribution in [0.25, 0.3) is 0 Å². The van der Waals surface area contributed by atoms with Gasteiger partial charge in [0, 0.05) is 20.0 Å². The van der Waals surface area contributed by atoms with Crippen molar-refractivity contribution in [2.75, 3.05) is 20.3 Å². The lowest BCUT2D eigenvalue weighted by Gasteiger charge is -2.19. The van der Waals surface area contributed by atoms with Gasteiger partial charge in [-0.3, -0.25) is 18.6 Å². The maximum absolute atomic E-state index is 12.5. The average molecular weight is 737 g/mol. The molecule has 8 nitrogen and oxygen atoms in total. The molecule has 0 rings (SSSR count). The number of ether oxygens (including phenoxy) is 2. The molecule has 0 aromatic heterocycles. The van der Waals surface area contributed by atoms with E-state index in [4.69, 9.17) is 14.0 Å². The molecule has 0 aromatic carbocycles. The fraction of sp³-hybridized carbons (Fsp3) is 0.714. The van der Waals surface area contributed by atoms with E-state index < -0.39 is 26.5 Å². The fourth-order valence-corrected chi connectivity index (χ4v) is 5.63. The highest BCUT2D eigenvalue weighted by Crippen LogP contribution is 2.42. The van der Waals surface area contributed by atoms with Gasteiger partial charge in [-0.15, -0.1) is 0 Å². The zero-order chi connectivity index (χ0) is 37.5. The van der Waals surface area contributed by atoms with Gasteiger partial charge in [-0.25, -0.2) is 4.57 Å². The number of rotatable bonds is 36. The van der Waals surface area contributed by atoms with E-state index in [9.17, 15) is 19.0 Å². The molecular formula is C42H73O8P. The van der Waals surface area contributed by atoms with Crippen molar-refractivity contribution >= 4 is 19.8 Å². The van der Waals surface area contributed by atoms with Crippen LogP contribution in [0.3, 0.4) is 0 Å². The average Bonchev–Trinajstić information content (AvgIpc) is 3.12. The Morgan fingerprint density at radius 1 is 0.569 bits per heavy atom. The minimum absolute atomic E-state index is 0.228. The van der Waals surface area contributed by atoms with Crippen molar-refractivity contribution in [1.29, 1.82) is 0 Å². The largest absolute Gasteiger partial charge is 0.472 e. The molecule has 0 saturated carbocycles. The van der Waals surface area contributed by atoms with E-state index in [0.717, 1.165) is 97.0 Å². The Labute approximate surface area is 311 Å². The zero-order valence-electron chi connectivity index (χ0n) is 32.5. The summed E-state index contributed by atoms with van der Waals surface area (Å²) in [5.41, 5.74) is 0. The first-order chi connectivity index (χ1) is 24.8. The summed E-state index contributed by atoms with van der Waals surface area (Å²) in [5.74, 6) is -0.836. The molecule has 51 heavy (non-hydrogen) atoms. The van der Waals surface area contributed by atoms with Gasteiger partial charge in [-0.05, 0) is 77.0 Å². The van der Waals surface area contributed by atoms with E-state index in [1.807, 2.05) is 0 Å². The minimum atomic E-state index is -4.27. The quantitative estimate of drug-likeness (QED) is 0.0293. The van der Waals surface area contributed by atoms with Crippen LogP contribution in [-0.4, -0.2) is 43.3 Å². The highest BCUT2D eigenvalue weighted by atomic mass is 31.2. The first-order valence-corrected chi connectivity index (χ1v) is 21.5. The Hall–Kier alpha value is -2.25. The summed E-state index contributed by atoms with van der Waals surface area (Å²) in [5, 5.41) is 0. The van der Waals surface area contributed by atoms with Crippen LogP contribution in [0.2, 0.25) is 0 Å². The van der Waals surface area contributed by atoms with E-state index >= 15 is 0 Å². The van der Waals surface area contributed by atoms with Gasteiger partial charge < -0.3 is 14.4 Å². The summed E-state index contributed by atoms with van der Waals surface area (Å²) in [6, 6.07) is 0. The van der Waals surface area contributed by atoms with Crippen LogP contribution in [0.15, 0.2) is 60.8 Å². The van der Waals surface area contributed by atoms with Gasteiger partial charge in [0.05, 0.1) is 6.61 Å². The number of hydrogen-bond donors (Lipinski definition) is 1. The molecular weight excluding hydrogens is 663 g/mol. The van der Waals surface area contributed by atoms with Crippen molar-refractivity contribution in [2.24, 2.45) is 0 Å². The third-order valence-corrected chi connectivity index (χ3v) is 9.18. The van der Waals surface area contributed by atoms with Crippen LogP contribution in [-0.2, 0) is 32.7 Å². The summed E-state index contributed by atoms with van der Waals surface area (Å²) < 4.78 is 31.9. The molecule has 0 fully saturated rings. The summed E-state index contributed by atoms with van der Waals surface area (Å²) in [6.45, 7) is 3.72.